The number of aromatic nitrogens is 2. The first-order valence-corrected chi connectivity index (χ1v) is 6.87. The van der Waals surface area contributed by atoms with Gasteiger partial charge in [-0.1, -0.05) is 27.5 Å². The molecule has 0 aliphatic rings. The highest BCUT2D eigenvalue weighted by Gasteiger charge is 2.08. The summed E-state index contributed by atoms with van der Waals surface area (Å²) in [6.07, 6.45) is 1.75. The largest absolute Gasteiger partial charge is 0.423 e. The number of benzene rings is 1. The summed E-state index contributed by atoms with van der Waals surface area (Å²) in [5.74, 6) is 0.533. The summed E-state index contributed by atoms with van der Waals surface area (Å²) in [6, 6.07) is 5.68. The predicted molar refractivity (Wildman–Crippen MR) is 78.8 cm³/mol. The van der Waals surface area contributed by atoms with Crippen molar-refractivity contribution in [3.05, 3.63) is 45.1 Å². The van der Waals surface area contributed by atoms with Crippen LogP contribution in [0.25, 0.3) is 0 Å². The van der Waals surface area contributed by atoms with Crippen molar-refractivity contribution < 1.29 is 4.74 Å². The molecule has 19 heavy (non-hydrogen) atoms. The summed E-state index contributed by atoms with van der Waals surface area (Å²) in [5.41, 5.74) is 1.92. The van der Waals surface area contributed by atoms with Crippen LogP contribution >= 0.6 is 27.5 Å². The third-order valence-electron chi connectivity index (χ3n) is 2.52. The molecule has 0 aliphatic heterocycles. The first-order valence-electron chi connectivity index (χ1n) is 5.70. The van der Waals surface area contributed by atoms with Gasteiger partial charge in [-0.3, -0.25) is 0 Å². The summed E-state index contributed by atoms with van der Waals surface area (Å²) in [7, 11) is 1.88. The van der Waals surface area contributed by atoms with E-state index >= 15 is 0 Å². The Morgan fingerprint density at radius 3 is 2.84 bits per heavy atom. The topological polar surface area (TPSA) is 47.0 Å². The lowest BCUT2D eigenvalue weighted by molar-refractivity contribution is 0.439. The molecule has 1 heterocycles. The van der Waals surface area contributed by atoms with E-state index < -0.39 is 0 Å². The molecule has 1 aromatic carbocycles. The van der Waals surface area contributed by atoms with Crippen molar-refractivity contribution in [3.63, 3.8) is 0 Å². The van der Waals surface area contributed by atoms with Crippen LogP contribution in [0.4, 0.5) is 0 Å². The lowest BCUT2D eigenvalue weighted by Crippen LogP contribution is -2.08. The highest BCUT2D eigenvalue weighted by Crippen LogP contribution is 2.30. The maximum Gasteiger partial charge on any atom is 0.322 e. The van der Waals surface area contributed by atoms with E-state index in [2.05, 4.69) is 31.2 Å². The van der Waals surface area contributed by atoms with Crippen LogP contribution in [-0.4, -0.2) is 17.0 Å². The number of halogens is 2. The molecule has 1 aromatic heterocycles. The van der Waals surface area contributed by atoms with Gasteiger partial charge < -0.3 is 10.1 Å². The molecule has 0 spiro atoms. The van der Waals surface area contributed by atoms with Crippen molar-refractivity contribution in [2.75, 3.05) is 7.05 Å². The first kappa shape index (κ1) is 14.2. The van der Waals surface area contributed by atoms with E-state index in [4.69, 9.17) is 16.3 Å². The molecule has 0 atom stereocenters. The quantitative estimate of drug-likeness (QED) is 0.920. The molecule has 0 bridgehead atoms. The monoisotopic (exact) mass is 341 g/mol. The Labute approximate surface area is 125 Å². The maximum atomic E-state index is 6.08. The molecule has 0 aliphatic carbocycles. The Kier molecular flexibility index (Phi) is 4.74. The number of hydrogen-bond acceptors (Lipinski definition) is 4. The predicted octanol–water partition coefficient (Wildman–Crippen LogP) is 3.71. The highest BCUT2D eigenvalue weighted by molar-refractivity contribution is 9.10. The molecule has 0 amide bonds. The fraction of sp³-hybridized carbons (Fsp3) is 0.231. The Balaban J connectivity index is 2.21. The number of nitrogens with one attached hydrogen (secondary N) is 1. The number of aryl methyl sites for hydroxylation is 1. The molecular formula is C13H13BrClN3O. The fourth-order valence-electron chi connectivity index (χ4n) is 1.54. The molecular weight excluding hydrogens is 330 g/mol. The average Bonchev–Trinajstić information content (AvgIpc) is 2.36. The lowest BCUT2D eigenvalue weighted by atomic mass is 10.2. The summed E-state index contributed by atoms with van der Waals surface area (Å²) in [6.45, 7) is 2.65. The highest BCUT2D eigenvalue weighted by atomic mass is 79.9. The van der Waals surface area contributed by atoms with Crippen molar-refractivity contribution in [1.29, 1.82) is 0 Å². The standard InChI is InChI=1S/C13H13BrClN3O/c1-8-9(6-16-2)7-17-13(18-8)19-12-4-3-10(14)5-11(12)15/h3-5,7,16H,6H2,1-2H3. The third-order valence-corrected chi connectivity index (χ3v) is 3.31. The van der Waals surface area contributed by atoms with E-state index in [1.54, 1.807) is 18.3 Å². The summed E-state index contributed by atoms with van der Waals surface area (Å²) >= 11 is 9.42. The van der Waals surface area contributed by atoms with Gasteiger partial charge in [0.05, 0.1) is 5.02 Å². The van der Waals surface area contributed by atoms with Gasteiger partial charge in [0.25, 0.3) is 0 Å². The minimum absolute atomic E-state index is 0.293. The van der Waals surface area contributed by atoms with Gasteiger partial charge in [0.2, 0.25) is 0 Å². The number of nitrogens with zero attached hydrogens (tertiary/aromatic N) is 2. The lowest BCUT2D eigenvalue weighted by Gasteiger charge is -2.08. The van der Waals surface area contributed by atoms with Crippen LogP contribution in [-0.2, 0) is 6.54 Å². The van der Waals surface area contributed by atoms with E-state index in [9.17, 15) is 0 Å². The average molecular weight is 343 g/mol. The second-order valence-corrected chi connectivity index (χ2v) is 5.29. The van der Waals surface area contributed by atoms with Crippen molar-refractivity contribution in [3.8, 4) is 11.8 Å². The summed E-state index contributed by atoms with van der Waals surface area (Å²) < 4.78 is 6.48. The number of ether oxygens (including phenoxy) is 1. The molecule has 4 nitrogen and oxygen atoms in total. The molecule has 6 heteroatoms. The molecule has 100 valence electrons. The number of rotatable bonds is 4. The molecule has 0 unspecified atom stereocenters. The van der Waals surface area contributed by atoms with Gasteiger partial charge in [-0.25, -0.2) is 4.98 Å². The van der Waals surface area contributed by atoms with Gasteiger partial charge >= 0.3 is 6.01 Å². The minimum Gasteiger partial charge on any atom is -0.423 e. The van der Waals surface area contributed by atoms with Crippen LogP contribution in [0.1, 0.15) is 11.3 Å². The molecule has 0 saturated heterocycles. The van der Waals surface area contributed by atoms with Gasteiger partial charge in [0.15, 0.2) is 0 Å². The molecule has 2 aromatic rings. The SMILES string of the molecule is CNCc1cnc(Oc2ccc(Br)cc2Cl)nc1C. The Hall–Kier alpha value is -1.17. The molecule has 2 rings (SSSR count). The second kappa shape index (κ2) is 6.32. The van der Waals surface area contributed by atoms with Crippen molar-refractivity contribution in [2.24, 2.45) is 0 Å². The first-order chi connectivity index (χ1) is 9.10. The van der Waals surface area contributed by atoms with Gasteiger partial charge in [-0.15, -0.1) is 0 Å². The molecule has 0 fully saturated rings. The Morgan fingerprint density at radius 1 is 1.42 bits per heavy atom. The van der Waals surface area contributed by atoms with Gasteiger partial charge in [0.1, 0.15) is 5.75 Å². The molecule has 1 N–H and O–H groups in total. The number of hydrogen-bond donors (Lipinski definition) is 1. The summed E-state index contributed by atoms with van der Waals surface area (Å²) in [4.78, 5) is 8.48. The zero-order valence-electron chi connectivity index (χ0n) is 10.6. The van der Waals surface area contributed by atoms with E-state index in [0.717, 1.165) is 22.3 Å². The fourth-order valence-corrected chi connectivity index (χ4v) is 2.25. The van der Waals surface area contributed by atoms with Gasteiger partial charge in [0, 0.05) is 28.5 Å². The Morgan fingerprint density at radius 2 is 2.21 bits per heavy atom. The summed E-state index contributed by atoms with van der Waals surface area (Å²) in [5, 5.41) is 3.57. The van der Waals surface area contributed by atoms with E-state index in [0.29, 0.717) is 16.8 Å². The zero-order valence-corrected chi connectivity index (χ0v) is 12.9. The van der Waals surface area contributed by atoms with Crippen LogP contribution in [0, 0.1) is 6.92 Å². The van der Waals surface area contributed by atoms with E-state index in [1.807, 2.05) is 20.0 Å². The minimum atomic E-state index is 0.293. The van der Waals surface area contributed by atoms with Crippen LogP contribution in [0.3, 0.4) is 0 Å². The van der Waals surface area contributed by atoms with Crippen LogP contribution < -0.4 is 10.1 Å². The van der Waals surface area contributed by atoms with E-state index in [1.165, 1.54) is 0 Å². The second-order valence-electron chi connectivity index (χ2n) is 3.97. The molecule has 0 radical (unpaired) electrons. The van der Waals surface area contributed by atoms with E-state index in [-0.39, 0.29) is 0 Å². The Bertz CT molecular complexity index is 592. The smallest absolute Gasteiger partial charge is 0.322 e. The molecule has 0 saturated carbocycles. The third kappa shape index (κ3) is 3.65. The maximum absolute atomic E-state index is 6.08. The van der Waals surface area contributed by atoms with Gasteiger partial charge in [-0.2, -0.15) is 4.98 Å². The van der Waals surface area contributed by atoms with Crippen molar-refractivity contribution in [1.82, 2.24) is 15.3 Å². The zero-order chi connectivity index (χ0) is 13.8. The van der Waals surface area contributed by atoms with Gasteiger partial charge in [-0.05, 0) is 32.2 Å². The van der Waals surface area contributed by atoms with Crippen molar-refractivity contribution in [2.45, 2.75) is 13.5 Å². The van der Waals surface area contributed by atoms with Crippen LogP contribution in [0.2, 0.25) is 5.02 Å². The normalized spacial score (nSPS) is 10.5. The van der Waals surface area contributed by atoms with Crippen molar-refractivity contribution >= 4 is 27.5 Å². The van der Waals surface area contributed by atoms with Crippen LogP contribution in [0.5, 0.6) is 11.8 Å². The van der Waals surface area contributed by atoms with Crippen LogP contribution in [0.15, 0.2) is 28.9 Å².